The van der Waals surface area contributed by atoms with Crippen molar-refractivity contribution in [2.24, 2.45) is 5.92 Å². The van der Waals surface area contributed by atoms with Gasteiger partial charge in [-0.3, -0.25) is 0 Å². The highest BCUT2D eigenvalue weighted by molar-refractivity contribution is 9.10. The molecule has 1 N–H and O–H groups in total. The van der Waals surface area contributed by atoms with Crippen molar-refractivity contribution in [3.05, 3.63) is 33.3 Å². The van der Waals surface area contributed by atoms with E-state index in [1.807, 2.05) is 18.2 Å². The Kier molecular flexibility index (Phi) is 7.28. The lowest BCUT2D eigenvalue weighted by Gasteiger charge is -2.19. The van der Waals surface area contributed by atoms with Crippen LogP contribution in [0.2, 0.25) is 5.02 Å². The van der Waals surface area contributed by atoms with Gasteiger partial charge in [0.1, 0.15) is 0 Å². The number of halogens is 2. The van der Waals surface area contributed by atoms with E-state index >= 15 is 0 Å². The Morgan fingerprint density at radius 2 is 2.06 bits per heavy atom. The summed E-state index contributed by atoms with van der Waals surface area (Å²) in [5, 5.41) is 10.9. The lowest BCUT2D eigenvalue weighted by molar-refractivity contribution is 0.139. The van der Waals surface area contributed by atoms with Crippen molar-refractivity contribution in [1.29, 1.82) is 0 Å². The SMILES string of the molecule is CCCCC(CC)CC(O)c1ccc(Br)c(Cl)c1. The molecule has 0 fully saturated rings. The van der Waals surface area contributed by atoms with Gasteiger partial charge in [-0.1, -0.05) is 57.2 Å². The molecule has 0 aliphatic heterocycles. The third-order valence-corrected chi connectivity index (χ3v) is 4.66. The lowest BCUT2D eigenvalue weighted by atomic mass is 9.91. The van der Waals surface area contributed by atoms with Crippen LogP contribution in [-0.4, -0.2) is 5.11 Å². The number of hydrogen-bond donors (Lipinski definition) is 1. The van der Waals surface area contributed by atoms with Crippen molar-refractivity contribution in [1.82, 2.24) is 0 Å². The maximum Gasteiger partial charge on any atom is 0.0793 e. The van der Waals surface area contributed by atoms with Crippen LogP contribution in [0.3, 0.4) is 0 Å². The Hall–Kier alpha value is -0.0500. The van der Waals surface area contributed by atoms with Crippen LogP contribution >= 0.6 is 27.5 Å². The molecule has 1 aromatic rings. The normalized spacial score (nSPS) is 14.5. The van der Waals surface area contributed by atoms with Gasteiger partial charge in [-0.15, -0.1) is 0 Å². The molecule has 0 aliphatic rings. The highest BCUT2D eigenvalue weighted by Gasteiger charge is 2.15. The predicted molar refractivity (Wildman–Crippen MR) is 82.0 cm³/mol. The van der Waals surface area contributed by atoms with Crippen LogP contribution in [0.1, 0.15) is 57.6 Å². The monoisotopic (exact) mass is 332 g/mol. The van der Waals surface area contributed by atoms with E-state index in [0.717, 1.165) is 22.9 Å². The number of aliphatic hydroxyl groups excluding tert-OH is 1. The average Bonchev–Trinajstić information content (AvgIpc) is 2.37. The van der Waals surface area contributed by atoms with Crippen LogP contribution in [0.4, 0.5) is 0 Å². The Morgan fingerprint density at radius 1 is 1.33 bits per heavy atom. The molecule has 1 nitrogen and oxygen atoms in total. The molecule has 2 unspecified atom stereocenters. The standard InChI is InChI=1S/C15H22BrClO/c1-3-5-6-11(4-2)9-15(18)12-7-8-13(16)14(17)10-12/h7-8,10-11,15,18H,3-6,9H2,1-2H3. The molecule has 102 valence electrons. The predicted octanol–water partition coefficient (Wildman–Crippen LogP) is 5.74. The molecule has 1 rings (SSSR count). The quantitative estimate of drug-likeness (QED) is 0.674. The van der Waals surface area contributed by atoms with Crippen molar-refractivity contribution in [3.63, 3.8) is 0 Å². The van der Waals surface area contributed by atoms with Gasteiger partial charge in [0.25, 0.3) is 0 Å². The molecule has 0 saturated carbocycles. The van der Waals surface area contributed by atoms with E-state index in [4.69, 9.17) is 11.6 Å². The highest BCUT2D eigenvalue weighted by atomic mass is 79.9. The van der Waals surface area contributed by atoms with Gasteiger partial charge >= 0.3 is 0 Å². The van der Waals surface area contributed by atoms with Crippen LogP contribution in [0.5, 0.6) is 0 Å². The van der Waals surface area contributed by atoms with Crippen molar-refractivity contribution < 1.29 is 5.11 Å². The van der Waals surface area contributed by atoms with Gasteiger partial charge in [-0.2, -0.15) is 0 Å². The van der Waals surface area contributed by atoms with Gasteiger partial charge < -0.3 is 5.11 Å². The summed E-state index contributed by atoms with van der Waals surface area (Å²) in [6.45, 7) is 4.40. The summed E-state index contributed by atoms with van der Waals surface area (Å²) in [6.07, 6.45) is 5.21. The smallest absolute Gasteiger partial charge is 0.0793 e. The maximum atomic E-state index is 10.3. The van der Waals surface area contributed by atoms with Crippen LogP contribution in [0.15, 0.2) is 22.7 Å². The van der Waals surface area contributed by atoms with Gasteiger partial charge in [0.15, 0.2) is 0 Å². The molecule has 0 amide bonds. The Labute approximate surface area is 124 Å². The average molecular weight is 334 g/mol. The molecule has 0 spiro atoms. The zero-order valence-electron chi connectivity index (χ0n) is 11.1. The summed E-state index contributed by atoms with van der Waals surface area (Å²) in [5.74, 6) is 0.599. The third kappa shape index (κ3) is 4.91. The number of aliphatic hydroxyl groups is 1. The molecule has 0 radical (unpaired) electrons. The number of rotatable bonds is 7. The summed E-state index contributed by atoms with van der Waals surface area (Å²) in [7, 11) is 0. The second-order valence-electron chi connectivity index (χ2n) is 4.84. The molecule has 0 aliphatic carbocycles. The molecule has 18 heavy (non-hydrogen) atoms. The van der Waals surface area contributed by atoms with E-state index < -0.39 is 6.10 Å². The molecular weight excluding hydrogens is 312 g/mol. The van der Waals surface area contributed by atoms with E-state index in [1.165, 1.54) is 19.3 Å². The number of hydrogen-bond acceptors (Lipinski definition) is 1. The Bertz CT molecular complexity index is 368. The van der Waals surface area contributed by atoms with E-state index in [0.29, 0.717) is 10.9 Å². The first kappa shape index (κ1) is 16.0. The highest BCUT2D eigenvalue weighted by Crippen LogP contribution is 2.30. The van der Waals surface area contributed by atoms with Crippen LogP contribution in [0.25, 0.3) is 0 Å². The minimum Gasteiger partial charge on any atom is -0.388 e. The van der Waals surface area contributed by atoms with Gasteiger partial charge in [-0.25, -0.2) is 0 Å². The van der Waals surface area contributed by atoms with E-state index in [9.17, 15) is 5.11 Å². The van der Waals surface area contributed by atoms with Crippen LogP contribution < -0.4 is 0 Å². The summed E-state index contributed by atoms with van der Waals surface area (Å²) < 4.78 is 0.873. The van der Waals surface area contributed by atoms with E-state index in [-0.39, 0.29) is 0 Å². The third-order valence-electron chi connectivity index (χ3n) is 3.43. The minimum atomic E-state index is -0.405. The zero-order valence-corrected chi connectivity index (χ0v) is 13.5. The molecule has 0 aromatic heterocycles. The zero-order chi connectivity index (χ0) is 13.5. The topological polar surface area (TPSA) is 20.2 Å². The van der Waals surface area contributed by atoms with Gasteiger partial charge in [-0.05, 0) is 46.0 Å². The first-order valence-electron chi connectivity index (χ1n) is 6.71. The second-order valence-corrected chi connectivity index (χ2v) is 6.10. The molecule has 1 aromatic carbocycles. The van der Waals surface area contributed by atoms with Crippen molar-refractivity contribution >= 4 is 27.5 Å². The summed E-state index contributed by atoms with van der Waals surface area (Å²) in [5.41, 5.74) is 0.915. The molecule has 2 atom stereocenters. The van der Waals surface area contributed by atoms with E-state index in [2.05, 4.69) is 29.8 Å². The maximum absolute atomic E-state index is 10.3. The Morgan fingerprint density at radius 3 is 2.61 bits per heavy atom. The number of benzene rings is 1. The summed E-state index contributed by atoms with van der Waals surface area (Å²) in [4.78, 5) is 0. The fraction of sp³-hybridized carbons (Fsp3) is 0.600. The fourth-order valence-corrected chi connectivity index (χ4v) is 2.59. The largest absolute Gasteiger partial charge is 0.388 e. The second kappa shape index (κ2) is 8.19. The van der Waals surface area contributed by atoms with Crippen LogP contribution in [-0.2, 0) is 0 Å². The lowest BCUT2D eigenvalue weighted by Crippen LogP contribution is -2.07. The van der Waals surface area contributed by atoms with Crippen molar-refractivity contribution in [3.8, 4) is 0 Å². The van der Waals surface area contributed by atoms with Gasteiger partial charge in [0.2, 0.25) is 0 Å². The summed E-state index contributed by atoms with van der Waals surface area (Å²) >= 11 is 9.42. The molecular formula is C15H22BrClO. The molecule has 0 bridgehead atoms. The first-order valence-corrected chi connectivity index (χ1v) is 7.88. The van der Waals surface area contributed by atoms with Gasteiger partial charge in [0.05, 0.1) is 11.1 Å². The van der Waals surface area contributed by atoms with Crippen molar-refractivity contribution in [2.75, 3.05) is 0 Å². The number of unbranched alkanes of at least 4 members (excludes halogenated alkanes) is 1. The van der Waals surface area contributed by atoms with Crippen LogP contribution in [0, 0.1) is 5.92 Å². The van der Waals surface area contributed by atoms with Crippen molar-refractivity contribution in [2.45, 2.75) is 52.1 Å². The minimum absolute atomic E-state index is 0.405. The molecule has 3 heteroatoms. The molecule has 0 saturated heterocycles. The van der Waals surface area contributed by atoms with E-state index in [1.54, 1.807) is 0 Å². The van der Waals surface area contributed by atoms with Gasteiger partial charge in [0, 0.05) is 4.47 Å². The Balaban J connectivity index is 2.62. The fourth-order valence-electron chi connectivity index (χ4n) is 2.15. The first-order chi connectivity index (χ1) is 8.58. The summed E-state index contributed by atoms with van der Waals surface area (Å²) in [6, 6.07) is 5.68. The molecule has 0 heterocycles.